The number of hydrogen-bond acceptors (Lipinski definition) is 3. The monoisotopic (exact) mass is 428 g/mol. The Bertz CT molecular complexity index is 1120. The van der Waals surface area contributed by atoms with Crippen molar-refractivity contribution in [2.24, 2.45) is 11.7 Å². The van der Waals surface area contributed by atoms with Crippen LogP contribution in [0.2, 0.25) is 0 Å². The molecule has 1 aliphatic heterocycles. The highest BCUT2D eigenvalue weighted by Crippen LogP contribution is 2.25. The van der Waals surface area contributed by atoms with Crippen molar-refractivity contribution in [3.05, 3.63) is 83.6 Å². The number of amides is 2. The van der Waals surface area contributed by atoms with Crippen LogP contribution in [-0.2, 0) is 16.1 Å². The summed E-state index contributed by atoms with van der Waals surface area (Å²) in [6, 6.07) is 18.4. The SMILES string of the molecule is Cc1ccc(-c2nn(Cc3ccccc3)cc2C=CC(=O)N2CCCC(C(N)=O)C2)cc1. The second-order valence-corrected chi connectivity index (χ2v) is 8.34. The molecule has 1 atom stereocenters. The first-order valence-electron chi connectivity index (χ1n) is 10.9. The fourth-order valence-electron chi connectivity index (χ4n) is 4.02. The molecule has 2 N–H and O–H groups in total. The van der Waals surface area contributed by atoms with Gasteiger partial charge < -0.3 is 10.6 Å². The zero-order valence-corrected chi connectivity index (χ0v) is 18.3. The Morgan fingerprint density at radius 1 is 1.12 bits per heavy atom. The molecule has 0 bridgehead atoms. The highest BCUT2D eigenvalue weighted by molar-refractivity contribution is 5.93. The number of hydrogen-bond donors (Lipinski definition) is 1. The molecule has 2 aromatic carbocycles. The van der Waals surface area contributed by atoms with Gasteiger partial charge in [-0.15, -0.1) is 0 Å². The van der Waals surface area contributed by atoms with E-state index in [9.17, 15) is 9.59 Å². The molecule has 0 aliphatic carbocycles. The average molecular weight is 429 g/mol. The molecule has 3 aromatic rings. The first-order chi connectivity index (χ1) is 15.5. The molecule has 0 spiro atoms. The topological polar surface area (TPSA) is 81.2 Å². The number of benzene rings is 2. The molecule has 164 valence electrons. The molecular formula is C26H28N4O2. The summed E-state index contributed by atoms with van der Waals surface area (Å²) in [4.78, 5) is 26.0. The van der Waals surface area contributed by atoms with E-state index < -0.39 is 0 Å². The number of carbonyl (C=O) groups is 2. The van der Waals surface area contributed by atoms with Crippen LogP contribution in [0.5, 0.6) is 0 Å². The van der Waals surface area contributed by atoms with Crippen LogP contribution in [0.15, 0.2) is 66.9 Å². The van der Waals surface area contributed by atoms with Crippen LogP contribution in [0, 0.1) is 12.8 Å². The van der Waals surface area contributed by atoms with E-state index in [2.05, 4.69) is 31.2 Å². The summed E-state index contributed by atoms with van der Waals surface area (Å²) in [5.41, 5.74) is 10.5. The number of aromatic nitrogens is 2. The number of aryl methyl sites for hydroxylation is 1. The molecule has 1 aromatic heterocycles. The Morgan fingerprint density at radius 3 is 2.59 bits per heavy atom. The second-order valence-electron chi connectivity index (χ2n) is 8.34. The van der Waals surface area contributed by atoms with Crippen molar-refractivity contribution in [1.29, 1.82) is 0 Å². The van der Waals surface area contributed by atoms with E-state index in [1.807, 2.05) is 47.3 Å². The van der Waals surface area contributed by atoms with Crippen molar-refractivity contribution in [3.63, 3.8) is 0 Å². The van der Waals surface area contributed by atoms with Gasteiger partial charge in [0.2, 0.25) is 11.8 Å². The van der Waals surface area contributed by atoms with E-state index in [1.165, 1.54) is 5.56 Å². The molecule has 1 unspecified atom stereocenters. The Hall–Kier alpha value is -3.67. The first-order valence-corrected chi connectivity index (χ1v) is 10.9. The maximum Gasteiger partial charge on any atom is 0.246 e. The number of nitrogens with zero attached hydrogens (tertiary/aromatic N) is 3. The van der Waals surface area contributed by atoms with Crippen LogP contribution in [-0.4, -0.2) is 39.6 Å². The lowest BCUT2D eigenvalue weighted by Gasteiger charge is -2.30. The molecule has 1 saturated heterocycles. The van der Waals surface area contributed by atoms with E-state index >= 15 is 0 Å². The number of likely N-dealkylation sites (tertiary alicyclic amines) is 1. The lowest BCUT2D eigenvalue weighted by atomic mass is 9.97. The van der Waals surface area contributed by atoms with E-state index in [-0.39, 0.29) is 17.7 Å². The lowest BCUT2D eigenvalue weighted by Crippen LogP contribution is -2.43. The van der Waals surface area contributed by atoms with Crippen molar-refractivity contribution >= 4 is 17.9 Å². The molecule has 6 nitrogen and oxygen atoms in total. The summed E-state index contributed by atoms with van der Waals surface area (Å²) in [5, 5.41) is 4.81. The summed E-state index contributed by atoms with van der Waals surface area (Å²) >= 11 is 0. The van der Waals surface area contributed by atoms with Gasteiger partial charge in [-0.3, -0.25) is 14.3 Å². The standard InChI is InChI=1S/C26H28N4O2/c1-19-9-11-21(12-10-19)25-22(18-30(28-25)16-20-6-3-2-4-7-20)13-14-24(31)29-15-5-8-23(17-29)26(27)32/h2-4,6-7,9-14,18,23H,5,8,15-17H2,1H3,(H2,27,32). The fourth-order valence-corrected chi connectivity index (χ4v) is 4.02. The van der Waals surface area contributed by atoms with Gasteiger partial charge in [0.25, 0.3) is 0 Å². The molecule has 2 heterocycles. The Kier molecular flexibility index (Phi) is 6.50. The van der Waals surface area contributed by atoms with Gasteiger partial charge in [-0.1, -0.05) is 60.2 Å². The van der Waals surface area contributed by atoms with Gasteiger partial charge in [0.1, 0.15) is 0 Å². The van der Waals surface area contributed by atoms with Gasteiger partial charge in [0, 0.05) is 36.5 Å². The molecule has 6 heteroatoms. The summed E-state index contributed by atoms with van der Waals surface area (Å²) in [7, 11) is 0. The minimum atomic E-state index is -0.338. The largest absolute Gasteiger partial charge is 0.369 e. The quantitative estimate of drug-likeness (QED) is 0.609. The van der Waals surface area contributed by atoms with Gasteiger partial charge >= 0.3 is 0 Å². The molecular weight excluding hydrogens is 400 g/mol. The summed E-state index contributed by atoms with van der Waals surface area (Å²) in [5.74, 6) is -0.713. The highest BCUT2D eigenvalue weighted by Gasteiger charge is 2.26. The minimum Gasteiger partial charge on any atom is -0.369 e. The molecule has 4 rings (SSSR count). The molecule has 0 radical (unpaired) electrons. The maximum absolute atomic E-state index is 12.8. The van der Waals surface area contributed by atoms with Gasteiger partial charge in [-0.25, -0.2) is 0 Å². The van der Waals surface area contributed by atoms with Crippen molar-refractivity contribution in [3.8, 4) is 11.3 Å². The van der Waals surface area contributed by atoms with Crippen LogP contribution in [0.4, 0.5) is 0 Å². The molecule has 0 saturated carbocycles. The molecule has 1 aliphatic rings. The van der Waals surface area contributed by atoms with E-state index in [0.717, 1.165) is 35.2 Å². The van der Waals surface area contributed by atoms with Crippen LogP contribution >= 0.6 is 0 Å². The van der Waals surface area contributed by atoms with Crippen molar-refractivity contribution < 1.29 is 9.59 Å². The normalized spacial score (nSPS) is 16.4. The summed E-state index contributed by atoms with van der Waals surface area (Å²) in [6.07, 6.45) is 6.89. The summed E-state index contributed by atoms with van der Waals surface area (Å²) < 4.78 is 1.90. The zero-order valence-electron chi connectivity index (χ0n) is 18.3. The fraction of sp³-hybridized carbons (Fsp3) is 0.269. The van der Waals surface area contributed by atoms with E-state index in [4.69, 9.17) is 10.8 Å². The van der Waals surface area contributed by atoms with Crippen LogP contribution in [0.25, 0.3) is 17.3 Å². The van der Waals surface area contributed by atoms with Crippen LogP contribution in [0.3, 0.4) is 0 Å². The molecule has 32 heavy (non-hydrogen) atoms. The van der Waals surface area contributed by atoms with Crippen molar-refractivity contribution in [2.45, 2.75) is 26.3 Å². The molecule has 1 fully saturated rings. The Morgan fingerprint density at radius 2 is 1.88 bits per heavy atom. The van der Waals surface area contributed by atoms with E-state index in [1.54, 1.807) is 11.0 Å². The third kappa shape index (κ3) is 5.14. The zero-order chi connectivity index (χ0) is 22.5. The number of piperidine rings is 1. The third-order valence-corrected chi connectivity index (χ3v) is 5.84. The Balaban J connectivity index is 1.59. The van der Waals surface area contributed by atoms with Crippen LogP contribution in [0.1, 0.15) is 29.5 Å². The number of nitrogens with two attached hydrogens (primary N) is 1. The van der Waals surface area contributed by atoms with E-state index in [0.29, 0.717) is 19.6 Å². The predicted molar refractivity (Wildman–Crippen MR) is 125 cm³/mol. The first kappa shape index (κ1) is 21.6. The average Bonchev–Trinajstić information content (AvgIpc) is 3.21. The lowest BCUT2D eigenvalue weighted by molar-refractivity contribution is -0.130. The second kappa shape index (κ2) is 9.64. The van der Waals surface area contributed by atoms with Crippen molar-refractivity contribution in [2.75, 3.05) is 13.1 Å². The minimum absolute atomic E-state index is 0.110. The number of primary amides is 1. The van der Waals surface area contributed by atoms with Gasteiger partial charge in [0.15, 0.2) is 0 Å². The smallest absolute Gasteiger partial charge is 0.246 e. The number of carbonyl (C=O) groups excluding carboxylic acids is 2. The van der Waals surface area contributed by atoms with Gasteiger partial charge in [0.05, 0.1) is 18.2 Å². The van der Waals surface area contributed by atoms with Crippen molar-refractivity contribution in [1.82, 2.24) is 14.7 Å². The summed E-state index contributed by atoms with van der Waals surface area (Å²) in [6.45, 7) is 3.73. The van der Waals surface area contributed by atoms with Crippen LogP contribution < -0.4 is 5.73 Å². The Labute approximate surface area is 188 Å². The molecule has 2 amide bonds. The predicted octanol–water partition coefficient (Wildman–Crippen LogP) is 3.64. The van der Waals surface area contributed by atoms with Gasteiger partial charge in [-0.2, -0.15) is 5.10 Å². The number of rotatable bonds is 6. The maximum atomic E-state index is 12.8. The van der Waals surface area contributed by atoms with Gasteiger partial charge in [-0.05, 0) is 31.4 Å². The third-order valence-electron chi connectivity index (χ3n) is 5.84. The highest BCUT2D eigenvalue weighted by atomic mass is 16.2.